The number of aromatic nitrogens is 2. The number of aryl methyl sites for hydroxylation is 1. The van der Waals surface area contributed by atoms with Gasteiger partial charge in [0.2, 0.25) is 0 Å². The normalized spacial score (nSPS) is 16.9. The second kappa shape index (κ2) is 9.76. The van der Waals surface area contributed by atoms with Gasteiger partial charge in [-0.25, -0.2) is 0 Å². The van der Waals surface area contributed by atoms with Crippen molar-refractivity contribution in [2.24, 2.45) is 4.99 Å². The van der Waals surface area contributed by atoms with E-state index < -0.39 is 0 Å². The summed E-state index contributed by atoms with van der Waals surface area (Å²) in [6.45, 7) is 4.00. The number of nitrogens with zero attached hydrogens (tertiary/aromatic N) is 3. The summed E-state index contributed by atoms with van der Waals surface area (Å²) in [5.41, 5.74) is 1.15. The molecule has 6 nitrogen and oxygen atoms in total. The van der Waals surface area contributed by atoms with Crippen molar-refractivity contribution >= 4 is 17.6 Å². The smallest absolute Gasteiger partial charge is 0.191 e. The van der Waals surface area contributed by atoms with Crippen LogP contribution in [-0.2, 0) is 16.7 Å². The number of ether oxygens (including phenoxy) is 1. The zero-order valence-corrected chi connectivity index (χ0v) is 16.6. The second-order valence-electron chi connectivity index (χ2n) is 6.85. The maximum absolute atomic E-state index is 6.52. The Bertz CT molecular complexity index is 726. The standard InChI is InChI=1S/C20H28ClN5O/c1-22-19(23-10-4-12-26-13-5-11-25-26)24-16-20(8-14-27-15-9-20)17-6-2-3-7-18(17)21/h2-3,5-7,11,13H,4,8-10,12,14-16H2,1H3,(H2,22,23,24). The van der Waals surface area contributed by atoms with Crippen LogP contribution in [0.25, 0.3) is 0 Å². The lowest BCUT2D eigenvalue weighted by Crippen LogP contribution is -2.48. The third-order valence-corrected chi connectivity index (χ3v) is 5.46. The lowest BCUT2D eigenvalue weighted by Gasteiger charge is -2.38. The molecule has 7 heteroatoms. The number of halogens is 1. The molecular weight excluding hydrogens is 362 g/mol. The van der Waals surface area contributed by atoms with Gasteiger partial charge in [0.05, 0.1) is 0 Å². The minimum Gasteiger partial charge on any atom is -0.381 e. The Kier molecular flexibility index (Phi) is 7.12. The highest BCUT2D eigenvalue weighted by atomic mass is 35.5. The summed E-state index contributed by atoms with van der Waals surface area (Å²) in [6.07, 6.45) is 6.65. The van der Waals surface area contributed by atoms with E-state index in [1.54, 1.807) is 13.2 Å². The van der Waals surface area contributed by atoms with Crippen molar-refractivity contribution in [2.75, 3.05) is 33.4 Å². The van der Waals surface area contributed by atoms with Crippen molar-refractivity contribution in [3.63, 3.8) is 0 Å². The van der Waals surface area contributed by atoms with E-state index in [2.05, 4.69) is 32.9 Å². The van der Waals surface area contributed by atoms with Gasteiger partial charge in [0.25, 0.3) is 0 Å². The van der Waals surface area contributed by atoms with E-state index in [1.165, 1.54) is 5.56 Å². The van der Waals surface area contributed by atoms with Crippen molar-refractivity contribution in [3.8, 4) is 0 Å². The minimum atomic E-state index is -0.0384. The quantitative estimate of drug-likeness (QED) is 0.434. The molecule has 1 aliphatic rings. The lowest BCUT2D eigenvalue weighted by atomic mass is 9.74. The molecule has 0 atom stereocenters. The number of nitrogens with one attached hydrogen (secondary N) is 2. The molecular formula is C20H28ClN5O. The molecule has 2 N–H and O–H groups in total. The maximum atomic E-state index is 6.52. The Labute approximate surface area is 166 Å². The van der Waals surface area contributed by atoms with Gasteiger partial charge in [-0.2, -0.15) is 5.10 Å². The zero-order chi connectivity index (χ0) is 19.0. The van der Waals surface area contributed by atoms with Gasteiger partial charge < -0.3 is 15.4 Å². The van der Waals surface area contributed by atoms with Crippen molar-refractivity contribution in [1.82, 2.24) is 20.4 Å². The first-order valence-corrected chi connectivity index (χ1v) is 9.86. The van der Waals surface area contributed by atoms with Gasteiger partial charge in [0.1, 0.15) is 0 Å². The van der Waals surface area contributed by atoms with E-state index in [9.17, 15) is 0 Å². The largest absolute Gasteiger partial charge is 0.381 e. The molecule has 0 amide bonds. The van der Waals surface area contributed by atoms with E-state index in [0.29, 0.717) is 0 Å². The zero-order valence-electron chi connectivity index (χ0n) is 15.8. The first kappa shape index (κ1) is 19.7. The molecule has 27 heavy (non-hydrogen) atoms. The third kappa shape index (κ3) is 5.23. The molecule has 1 saturated heterocycles. The van der Waals surface area contributed by atoms with Gasteiger partial charge in [-0.15, -0.1) is 0 Å². The van der Waals surface area contributed by atoms with Crippen LogP contribution in [0.15, 0.2) is 47.7 Å². The van der Waals surface area contributed by atoms with Crippen LogP contribution in [0.1, 0.15) is 24.8 Å². The molecule has 0 unspecified atom stereocenters. The highest BCUT2D eigenvalue weighted by molar-refractivity contribution is 6.31. The van der Waals surface area contributed by atoms with Gasteiger partial charge in [0.15, 0.2) is 5.96 Å². The lowest BCUT2D eigenvalue weighted by molar-refractivity contribution is 0.0514. The molecule has 0 bridgehead atoms. The van der Waals surface area contributed by atoms with Gasteiger partial charge in [0, 0.05) is 62.7 Å². The summed E-state index contributed by atoms with van der Waals surface area (Å²) in [7, 11) is 1.80. The molecule has 3 rings (SSSR count). The summed E-state index contributed by atoms with van der Waals surface area (Å²) in [4.78, 5) is 4.36. The Morgan fingerprint density at radius 3 is 2.78 bits per heavy atom. The Morgan fingerprint density at radius 1 is 1.26 bits per heavy atom. The predicted molar refractivity (Wildman–Crippen MR) is 109 cm³/mol. The van der Waals surface area contributed by atoms with Crippen LogP contribution in [0.3, 0.4) is 0 Å². The molecule has 2 heterocycles. The van der Waals surface area contributed by atoms with E-state index >= 15 is 0 Å². The van der Waals surface area contributed by atoms with Gasteiger partial charge >= 0.3 is 0 Å². The van der Waals surface area contributed by atoms with Crippen LogP contribution >= 0.6 is 11.6 Å². The van der Waals surface area contributed by atoms with Crippen molar-refractivity contribution < 1.29 is 4.74 Å². The van der Waals surface area contributed by atoms with Crippen LogP contribution < -0.4 is 10.6 Å². The third-order valence-electron chi connectivity index (χ3n) is 5.13. The number of benzene rings is 1. The molecule has 0 spiro atoms. The average molecular weight is 390 g/mol. The number of guanidine groups is 1. The molecule has 0 radical (unpaired) electrons. The second-order valence-corrected chi connectivity index (χ2v) is 7.25. The van der Waals surface area contributed by atoms with Gasteiger partial charge in [-0.3, -0.25) is 9.67 Å². The summed E-state index contributed by atoms with van der Waals surface area (Å²) < 4.78 is 7.55. The number of rotatable bonds is 7. The van der Waals surface area contributed by atoms with E-state index in [1.807, 2.05) is 29.1 Å². The monoisotopic (exact) mass is 389 g/mol. The van der Waals surface area contributed by atoms with Crippen LogP contribution in [0, 0.1) is 0 Å². The minimum absolute atomic E-state index is 0.0384. The molecule has 1 aromatic heterocycles. The highest BCUT2D eigenvalue weighted by Crippen LogP contribution is 2.38. The topological polar surface area (TPSA) is 63.5 Å². The maximum Gasteiger partial charge on any atom is 0.191 e. The molecule has 0 saturated carbocycles. The highest BCUT2D eigenvalue weighted by Gasteiger charge is 2.36. The van der Waals surface area contributed by atoms with Crippen molar-refractivity contribution in [2.45, 2.75) is 31.2 Å². The Hall–Kier alpha value is -2.05. The number of hydrogen-bond acceptors (Lipinski definition) is 3. The first-order valence-electron chi connectivity index (χ1n) is 9.48. The van der Waals surface area contributed by atoms with E-state index in [4.69, 9.17) is 16.3 Å². The first-order chi connectivity index (χ1) is 13.2. The Balaban J connectivity index is 1.56. The predicted octanol–water partition coefficient (Wildman–Crippen LogP) is 2.84. The van der Waals surface area contributed by atoms with E-state index in [0.717, 1.165) is 63.1 Å². The fourth-order valence-corrected chi connectivity index (χ4v) is 3.89. The number of hydrogen-bond donors (Lipinski definition) is 2. The van der Waals surface area contributed by atoms with Crippen LogP contribution in [-0.4, -0.2) is 49.1 Å². The van der Waals surface area contributed by atoms with Gasteiger partial charge in [-0.1, -0.05) is 29.8 Å². The van der Waals surface area contributed by atoms with Crippen LogP contribution in [0.5, 0.6) is 0 Å². The summed E-state index contributed by atoms with van der Waals surface area (Å²) in [5.74, 6) is 0.813. The molecule has 146 valence electrons. The van der Waals surface area contributed by atoms with Crippen molar-refractivity contribution in [3.05, 3.63) is 53.3 Å². The molecule has 2 aromatic rings. The van der Waals surface area contributed by atoms with Gasteiger partial charge in [-0.05, 0) is 37.0 Å². The average Bonchev–Trinajstić information content (AvgIpc) is 3.22. The van der Waals surface area contributed by atoms with Crippen molar-refractivity contribution in [1.29, 1.82) is 0 Å². The van der Waals surface area contributed by atoms with E-state index in [-0.39, 0.29) is 5.41 Å². The Morgan fingerprint density at radius 2 is 2.07 bits per heavy atom. The van der Waals surface area contributed by atoms with Crippen LogP contribution in [0.2, 0.25) is 5.02 Å². The summed E-state index contributed by atoms with van der Waals surface area (Å²) >= 11 is 6.52. The molecule has 1 aliphatic heterocycles. The SMILES string of the molecule is CN=C(NCCCn1cccn1)NCC1(c2ccccc2Cl)CCOCC1. The summed E-state index contributed by atoms with van der Waals surface area (Å²) in [5, 5.41) is 11.9. The fourth-order valence-electron chi connectivity index (χ4n) is 3.55. The molecule has 1 aromatic carbocycles. The number of aliphatic imine (C=N–C) groups is 1. The molecule has 1 fully saturated rings. The molecule has 0 aliphatic carbocycles. The van der Waals surface area contributed by atoms with Crippen LogP contribution in [0.4, 0.5) is 0 Å². The summed E-state index contributed by atoms with van der Waals surface area (Å²) in [6, 6.07) is 10.1. The fraction of sp³-hybridized carbons (Fsp3) is 0.500.